The molecule has 0 saturated heterocycles. The predicted molar refractivity (Wildman–Crippen MR) is 76.9 cm³/mol. The van der Waals surface area contributed by atoms with Crippen LogP contribution in [-0.2, 0) is 5.41 Å². The Morgan fingerprint density at radius 3 is 2.18 bits per heavy atom. The number of hydrogen-bond acceptors (Lipinski definition) is 0. The first-order valence-corrected chi connectivity index (χ1v) is 6.00. The van der Waals surface area contributed by atoms with Crippen molar-refractivity contribution in [3.05, 3.63) is 46.4 Å². The van der Waals surface area contributed by atoms with E-state index >= 15 is 0 Å². The van der Waals surface area contributed by atoms with E-state index in [1.807, 2.05) is 13.8 Å². The minimum absolute atomic E-state index is 0.0953. The summed E-state index contributed by atoms with van der Waals surface area (Å²) in [5.74, 6) is 0. The first-order valence-electron chi connectivity index (χ1n) is 8.00. The van der Waals surface area contributed by atoms with Gasteiger partial charge in [-0.05, 0) is 53.6 Å². The first-order chi connectivity index (χ1) is 9.50. The highest BCUT2D eigenvalue weighted by molar-refractivity contribution is 5.90. The smallest absolute Gasteiger partial charge is 0.0587 e. The molecule has 0 spiro atoms. The average molecular weight is 230 g/mol. The molecule has 0 aliphatic rings. The highest BCUT2D eigenvalue weighted by Crippen LogP contribution is 2.33. The molecule has 0 aliphatic heterocycles. The Morgan fingerprint density at radius 2 is 1.59 bits per heavy atom. The average Bonchev–Trinajstić information content (AvgIpc) is 2.36. The molecular formula is C17H22. The van der Waals surface area contributed by atoms with Gasteiger partial charge in [-0.1, -0.05) is 50.5 Å². The second-order valence-electron chi connectivity index (χ2n) is 5.75. The van der Waals surface area contributed by atoms with Crippen molar-refractivity contribution in [1.29, 1.82) is 0 Å². The third-order valence-corrected chi connectivity index (χ3v) is 3.12. The van der Waals surface area contributed by atoms with Crippen molar-refractivity contribution in [1.82, 2.24) is 0 Å². The Labute approximate surface area is 110 Å². The van der Waals surface area contributed by atoms with Crippen LogP contribution in [0.15, 0.2) is 24.2 Å². The summed E-state index contributed by atoms with van der Waals surface area (Å²) in [7, 11) is 0. The van der Waals surface area contributed by atoms with E-state index in [0.29, 0.717) is 28.6 Å². The third-order valence-electron chi connectivity index (χ3n) is 3.12. The van der Waals surface area contributed by atoms with Crippen molar-refractivity contribution < 1.29 is 5.48 Å². The standard InChI is InChI=1S/C17H22/c1-11-7-8-14-12(2)10-16(17(4,5)6)13(3)15(14)9-11/h7-10H,1-6H3/i7D,8D,9D,10D. The van der Waals surface area contributed by atoms with E-state index in [0.717, 1.165) is 16.5 Å². The van der Waals surface area contributed by atoms with E-state index in [2.05, 4.69) is 20.8 Å². The summed E-state index contributed by atoms with van der Waals surface area (Å²) in [6, 6.07) is 0.978. The van der Waals surface area contributed by atoms with Crippen molar-refractivity contribution >= 4 is 10.8 Å². The van der Waals surface area contributed by atoms with Gasteiger partial charge in [0.1, 0.15) is 0 Å². The molecule has 0 unspecified atom stereocenters. The summed E-state index contributed by atoms with van der Waals surface area (Å²) < 4.78 is 33.1. The maximum absolute atomic E-state index is 8.46. The summed E-state index contributed by atoms with van der Waals surface area (Å²) >= 11 is 0. The highest BCUT2D eigenvalue weighted by atomic mass is 14.2. The second kappa shape index (κ2) is 3.87. The van der Waals surface area contributed by atoms with Crippen LogP contribution in [0.2, 0.25) is 0 Å². The molecule has 2 aromatic carbocycles. The molecule has 0 aliphatic carbocycles. The van der Waals surface area contributed by atoms with Gasteiger partial charge in [-0.15, -0.1) is 0 Å². The fraction of sp³-hybridized carbons (Fsp3) is 0.412. The number of aryl methyl sites for hydroxylation is 2. The van der Waals surface area contributed by atoms with Gasteiger partial charge in [0.15, 0.2) is 0 Å². The van der Waals surface area contributed by atoms with E-state index < -0.39 is 0 Å². The van der Waals surface area contributed by atoms with Crippen molar-refractivity contribution in [3.63, 3.8) is 0 Å². The maximum Gasteiger partial charge on any atom is 0.0632 e. The van der Waals surface area contributed by atoms with Crippen LogP contribution < -0.4 is 0 Å². The molecule has 0 radical (unpaired) electrons. The number of rotatable bonds is 0. The molecule has 0 atom stereocenters. The van der Waals surface area contributed by atoms with Gasteiger partial charge in [0, 0.05) is 0 Å². The maximum atomic E-state index is 8.46. The Bertz CT molecular complexity index is 752. The van der Waals surface area contributed by atoms with Crippen molar-refractivity contribution in [2.75, 3.05) is 0 Å². The lowest BCUT2D eigenvalue weighted by Gasteiger charge is -2.24. The largest absolute Gasteiger partial charge is 0.0632 e. The molecule has 2 rings (SSSR count). The fourth-order valence-electron chi connectivity index (χ4n) is 2.28. The first kappa shape index (κ1) is 7.92. The lowest BCUT2D eigenvalue weighted by Crippen LogP contribution is -2.13. The van der Waals surface area contributed by atoms with E-state index in [1.54, 1.807) is 6.92 Å². The molecule has 90 valence electrons. The lowest BCUT2D eigenvalue weighted by atomic mass is 9.81. The molecule has 0 bridgehead atoms. The predicted octanol–water partition coefficient (Wildman–Crippen LogP) is 5.06. The second-order valence-corrected chi connectivity index (χ2v) is 5.75. The van der Waals surface area contributed by atoms with E-state index in [1.165, 1.54) is 0 Å². The Balaban J connectivity index is 3.19. The molecule has 0 amide bonds. The minimum atomic E-state index is -0.192. The zero-order valence-corrected chi connectivity index (χ0v) is 11.5. The molecule has 17 heavy (non-hydrogen) atoms. The summed E-state index contributed by atoms with van der Waals surface area (Å²) in [4.78, 5) is 0. The number of benzene rings is 2. The van der Waals surface area contributed by atoms with Crippen LogP contribution in [0.4, 0.5) is 0 Å². The normalized spacial score (nSPS) is 15.4. The van der Waals surface area contributed by atoms with Crippen LogP contribution in [0, 0.1) is 20.8 Å². The zero-order valence-electron chi connectivity index (χ0n) is 15.5. The van der Waals surface area contributed by atoms with Gasteiger partial charge in [0.25, 0.3) is 0 Å². The quantitative estimate of drug-likeness (QED) is 0.593. The van der Waals surface area contributed by atoms with E-state index in [-0.39, 0.29) is 17.5 Å². The topological polar surface area (TPSA) is 0 Å². The molecule has 0 heteroatoms. The van der Waals surface area contributed by atoms with Gasteiger partial charge in [-0.2, -0.15) is 0 Å². The highest BCUT2D eigenvalue weighted by Gasteiger charge is 2.18. The Morgan fingerprint density at radius 1 is 0.941 bits per heavy atom. The van der Waals surface area contributed by atoms with Gasteiger partial charge in [-0.25, -0.2) is 0 Å². The lowest BCUT2D eigenvalue weighted by molar-refractivity contribution is 0.587. The van der Waals surface area contributed by atoms with E-state index in [9.17, 15) is 0 Å². The molecular weight excluding hydrogens is 204 g/mol. The summed E-state index contributed by atoms with van der Waals surface area (Å²) in [5, 5.41) is 1.32. The van der Waals surface area contributed by atoms with Gasteiger partial charge < -0.3 is 0 Å². The van der Waals surface area contributed by atoms with Crippen LogP contribution in [0.1, 0.15) is 48.5 Å². The SMILES string of the molecule is [2H]c1c(C)c([2H])c2c(C)c(C(C)(C)C)c([2H])c(C)c2c1[2H]. The number of hydrogen-bond donors (Lipinski definition) is 0. The molecule has 0 aromatic heterocycles. The third kappa shape index (κ3) is 2.09. The van der Waals surface area contributed by atoms with Crippen LogP contribution in [0.3, 0.4) is 0 Å². The molecule has 2 aromatic rings. The summed E-state index contributed by atoms with van der Waals surface area (Å²) in [6.45, 7) is 11.7. The van der Waals surface area contributed by atoms with Crippen LogP contribution in [-0.4, -0.2) is 0 Å². The minimum Gasteiger partial charge on any atom is -0.0587 e. The number of fused-ring (bicyclic) bond motifs is 1. The Kier molecular flexibility index (Phi) is 1.80. The van der Waals surface area contributed by atoms with Gasteiger partial charge in [0.05, 0.1) is 5.48 Å². The summed E-state index contributed by atoms with van der Waals surface area (Å²) in [5.41, 5.74) is 2.87. The molecule has 0 fully saturated rings. The Hall–Kier alpha value is -1.30. The van der Waals surface area contributed by atoms with Crippen LogP contribution in [0.5, 0.6) is 0 Å². The monoisotopic (exact) mass is 230 g/mol. The van der Waals surface area contributed by atoms with Crippen molar-refractivity contribution in [2.24, 2.45) is 0 Å². The molecule has 0 nitrogen and oxygen atoms in total. The van der Waals surface area contributed by atoms with Crippen LogP contribution >= 0.6 is 0 Å². The molecule has 0 saturated carbocycles. The van der Waals surface area contributed by atoms with Crippen molar-refractivity contribution in [2.45, 2.75) is 47.0 Å². The van der Waals surface area contributed by atoms with Crippen molar-refractivity contribution in [3.8, 4) is 0 Å². The van der Waals surface area contributed by atoms with Gasteiger partial charge in [-0.3, -0.25) is 0 Å². The summed E-state index contributed by atoms with van der Waals surface area (Å²) in [6.07, 6.45) is 0. The van der Waals surface area contributed by atoms with Crippen LogP contribution in [0.25, 0.3) is 10.8 Å². The fourth-order valence-corrected chi connectivity index (χ4v) is 2.28. The molecule has 0 N–H and O–H groups in total. The van der Waals surface area contributed by atoms with Gasteiger partial charge in [0.2, 0.25) is 0 Å². The zero-order chi connectivity index (χ0) is 16.3. The molecule has 0 heterocycles. The van der Waals surface area contributed by atoms with Gasteiger partial charge >= 0.3 is 0 Å². The van der Waals surface area contributed by atoms with E-state index in [4.69, 9.17) is 5.48 Å².